The zero-order valence-electron chi connectivity index (χ0n) is 9.18. The summed E-state index contributed by atoms with van der Waals surface area (Å²) in [5, 5.41) is 11.0. The van der Waals surface area contributed by atoms with Crippen LogP contribution < -0.4 is 11.1 Å². The number of benzene rings is 1. The minimum atomic E-state index is -5.09. The van der Waals surface area contributed by atoms with Crippen molar-refractivity contribution >= 4 is 28.9 Å². The molecule has 18 heavy (non-hydrogen) atoms. The quantitative estimate of drug-likeness (QED) is 0.728. The SMILES string of the molecule is C[C@@](O)(C(=O)Nc1ccc(N)cc1Cl)C(F)(F)F. The lowest BCUT2D eigenvalue weighted by Crippen LogP contribution is -2.52. The van der Waals surface area contributed by atoms with E-state index < -0.39 is 17.7 Å². The summed E-state index contributed by atoms with van der Waals surface area (Å²) in [6, 6.07) is 3.85. The van der Waals surface area contributed by atoms with Crippen molar-refractivity contribution < 1.29 is 23.1 Å². The van der Waals surface area contributed by atoms with E-state index in [9.17, 15) is 18.0 Å². The largest absolute Gasteiger partial charge is 0.426 e. The molecule has 4 nitrogen and oxygen atoms in total. The van der Waals surface area contributed by atoms with Gasteiger partial charge in [-0.05, 0) is 25.1 Å². The molecule has 0 aliphatic rings. The molecule has 8 heteroatoms. The Morgan fingerprint density at radius 2 is 2.00 bits per heavy atom. The molecule has 1 atom stereocenters. The topological polar surface area (TPSA) is 75.3 Å². The normalized spacial score (nSPS) is 15.0. The first-order chi connectivity index (χ1) is 8.05. The van der Waals surface area contributed by atoms with E-state index in [1.54, 1.807) is 0 Å². The van der Waals surface area contributed by atoms with Crippen molar-refractivity contribution in [3.63, 3.8) is 0 Å². The van der Waals surface area contributed by atoms with Crippen molar-refractivity contribution in [3.8, 4) is 0 Å². The van der Waals surface area contributed by atoms with Gasteiger partial charge in [-0.3, -0.25) is 4.79 Å². The maximum Gasteiger partial charge on any atom is 0.426 e. The van der Waals surface area contributed by atoms with Gasteiger partial charge in [0, 0.05) is 5.69 Å². The van der Waals surface area contributed by atoms with Crippen LogP contribution in [0.3, 0.4) is 0 Å². The van der Waals surface area contributed by atoms with Crippen LogP contribution in [0.5, 0.6) is 0 Å². The molecule has 1 rings (SSSR count). The second kappa shape index (κ2) is 4.66. The van der Waals surface area contributed by atoms with Gasteiger partial charge in [-0.2, -0.15) is 13.2 Å². The summed E-state index contributed by atoms with van der Waals surface area (Å²) < 4.78 is 37.2. The van der Waals surface area contributed by atoms with Crippen molar-refractivity contribution in [2.24, 2.45) is 0 Å². The van der Waals surface area contributed by atoms with E-state index in [4.69, 9.17) is 22.4 Å². The Morgan fingerprint density at radius 1 is 1.44 bits per heavy atom. The number of carbonyl (C=O) groups excluding carboxylic acids is 1. The first-order valence-corrected chi connectivity index (χ1v) is 5.09. The summed E-state index contributed by atoms with van der Waals surface area (Å²) in [4.78, 5) is 11.3. The van der Waals surface area contributed by atoms with Gasteiger partial charge in [0.05, 0.1) is 10.7 Å². The third-order valence-electron chi connectivity index (χ3n) is 2.24. The molecule has 0 aliphatic heterocycles. The monoisotopic (exact) mass is 282 g/mol. The summed E-state index contributed by atoms with van der Waals surface area (Å²) in [6.07, 6.45) is -5.09. The number of hydrogen-bond acceptors (Lipinski definition) is 3. The second-order valence-corrected chi connectivity index (χ2v) is 4.17. The molecule has 0 saturated heterocycles. The Hall–Kier alpha value is -1.47. The molecule has 0 saturated carbocycles. The number of carbonyl (C=O) groups is 1. The molecule has 1 aromatic rings. The zero-order chi connectivity index (χ0) is 14.1. The third kappa shape index (κ3) is 2.85. The Morgan fingerprint density at radius 3 is 2.44 bits per heavy atom. The number of amides is 1. The highest BCUT2D eigenvalue weighted by atomic mass is 35.5. The van der Waals surface area contributed by atoms with E-state index >= 15 is 0 Å². The van der Waals surface area contributed by atoms with Crippen LogP contribution in [0.1, 0.15) is 6.92 Å². The third-order valence-corrected chi connectivity index (χ3v) is 2.55. The first kappa shape index (κ1) is 14.6. The molecule has 0 unspecified atom stereocenters. The molecule has 0 heterocycles. The minimum absolute atomic E-state index is 0.0266. The molecule has 0 radical (unpaired) electrons. The van der Waals surface area contributed by atoms with Crippen molar-refractivity contribution in [3.05, 3.63) is 23.2 Å². The van der Waals surface area contributed by atoms with Gasteiger partial charge < -0.3 is 16.2 Å². The number of anilines is 2. The molecule has 100 valence electrons. The van der Waals surface area contributed by atoms with Crippen LogP contribution in [0, 0.1) is 0 Å². The van der Waals surface area contributed by atoms with Gasteiger partial charge in [-0.1, -0.05) is 11.6 Å². The number of nitrogens with two attached hydrogens (primary N) is 1. The molecule has 1 amide bonds. The fourth-order valence-corrected chi connectivity index (χ4v) is 1.24. The highest BCUT2D eigenvalue weighted by molar-refractivity contribution is 6.34. The van der Waals surface area contributed by atoms with Crippen LogP contribution in [0.2, 0.25) is 5.02 Å². The molecule has 0 aromatic heterocycles. The highest BCUT2D eigenvalue weighted by Crippen LogP contribution is 2.32. The number of alkyl halides is 3. The summed E-state index contributed by atoms with van der Waals surface area (Å²) in [5.41, 5.74) is 2.11. The van der Waals surface area contributed by atoms with Crippen LogP contribution in [0.25, 0.3) is 0 Å². The molecular weight excluding hydrogens is 273 g/mol. The van der Waals surface area contributed by atoms with Gasteiger partial charge in [0.15, 0.2) is 0 Å². The van der Waals surface area contributed by atoms with E-state index in [1.165, 1.54) is 18.2 Å². The number of rotatable bonds is 2. The fraction of sp³-hybridized carbons (Fsp3) is 0.300. The van der Waals surface area contributed by atoms with Gasteiger partial charge in [0.1, 0.15) is 0 Å². The van der Waals surface area contributed by atoms with Crippen LogP contribution in [0.4, 0.5) is 24.5 Å². The van der Waals surface area contributed by atoms with Gasteiger partial charge in [0.25, 0.3) is 5.91 Å². The molecule has 1 aromatic carbocycles. The molecule has 0 aliphatic carbocycles. The molecule has 0 spiro atoms. The summed E-state index contributed by atoms with van der Waals surface area (Å²) >= 11 is 5.68. The first-order valence-electron chi connectivity index (χ1n) is 4.71. The van der Waals surface area contributed by atoms with Gasteiger partial charge in [-0.25, -0.2) is 0 Å². The minimum Gasteiger partial charge on any atom is -0.399 e. The number of nitrogens with one attached hydrogen (secondary N) is 1. The Kier molecular flexibility index (Phi) is 3.78. The lowest BCUT2D eigenvalue weighted by molar-refractivity contribution is -0.242. The van der Waals surface area contributed by atoms with Crippen molar-refractivity contribution in [2.75, 3.05) is 11.1 Å². The summed E-state index contributed by atoms with van der Waals surface area (Å²) in [6.45, 7) is 0.355. The van der Waals surface area contributed by atoms with Crippen LogP contribution >= 0.6 is 11.6 Å². The molecule has 4 N–H and O–H groups in total. The van der Waals surface area contributed by atoms with Crippen molar-refractivity contribution in [1.29, 1.82) is 0 Å². The van der Waals surface area contributed by atoms with E-state index in [-0.39, 0.29) is 10.7 Å². The predicted octanol–water partition coefficient (Wildman–Crippen LogP) is 2.17. The molecule has 0 fully saturated rings. The Balaban J connectivity index is 2.95. The van der Waals surface area contributed by atoms with Crippen LogP contribution in [-0.2, 0) is 4.79 Å². The maximum absolute atomic E-state index is 12.4. The molecule has 0 bridgehead atoms. The Labute approximate surface area is 106 Å². The average molecular weight is 283 g/mol. The number of hydrogen-bond donors (Lipinski definition) is 3. The fourth-order valence-electron chi connectivity index (χ4n) is 1.01. The Bertz CT molecular complexity index is 475. The average Bonchev–Trinajstić information content (AvgIpc) is 2.20. The van der Waals surface area contributed by atoms with E-state index in [0.717, 1.165) is 0 Å². The second-order valence-electron chi connectivity index (χ2n) is 3.76. The number of halogens is 4. The zero-order valence-corrected chi connectivity index (χ0v) is 9.93. The lowest BCUT2D eigenvalue weighted by Gasteiger charge is -2.25. The summed E-state index contributed by atoms with van der Waals surface area (Å²) in [5.74, 6) is -1.62. The number of nitrogen functional groups attached to an aromatic ring is 1. The molecular formula is C10H10ClF3N2O2. The highest BCUT2D eigenvalue weighted by Gasteiger charge is 2.55. The van der Waals surface area contributed by atoms with Crippen molar-refractivity contribution in [1.82, 2.24) is 0 Å². The van der Waals surface area contributed by atoms with E-state index in [0.29, 0.717) is 12.6 Å². The van der Waals surface area contributed by atoms with Gasteiger partial charge in [-0.15, -0.1) is 0 Å². The predicted molar refractivity (Wildman–Crippen MR) is 61.2 cm³/mol. The van der Waals surface area contributed by atoms with E-state index in [1.807, 2.05) is 5.32 Å². The van der Waals surface area contributed by atoms with Gasteiger partial charge in [0.2, 0.25) is 5.60 Å². The van der Waals surface area contributed by atoms with Gasteiger partial charge >= 0.3 is 6.18 Å². The standard InChI is InChI=1S/C10H10ClF3N2O2/c1-9(18,10(12,13)14)8(17)16-7-3-2-5(15)4-6(7)11/h2-4,18H,15H2,1H3,(H,16,17)/t9-/m1/s1. The van der Waals surface area contributed by atoms with E-state index in [2.05, 4.69) is 0 Å². The summed E-state index contributed by atoms with van der Waals surface area (Å²) in [7, 11) is 0. The maximum atomic E-state index is 12.4. The smallest absolute Gasteiger partial charge is 0.399 e. The number of aliphatic hydroxyl groups is 1. The van der Waals surface area contributed by atoms with Crippen LogP contribution in [0.15, 0.2) is 18.2 Å². The van der Waals surface area contributed by atoms with Crippen molar-refractivity contribution in [2.45, 2.75) is 18.7 Å². The van der Waals surface area contributed by atoms with Crippen LogP contribution in [-0.4, -0.2) is 22.8 Å². The lowest BCUT2D eigenvalue weighted by atomic mass is 10.1.